The molecule has 0 radical (unpaired) electrons. The number of ether oxygens (including phenoxy) is 1. The summed E-state index contributed by atoms with van der Waals surface area (Å²) in [6, 6.07) is 4.73. The van der Waals surface area contributed by atoms with E-state index in [1.54, 1.807) is 19.2 Å². The van der Waals surface area contributed by atoms with E-state index in [0.29, 0.717) is 17.1 Å². The minimum Gasteiger partial charge on any atom is -0.507 e. The van der Waals surface area contributed by atoms with Gasteiger partial charge in [0, 0.05) is 18.9 Å². The SMILES string of the molecule is CCC(OC)c1noc(-c2ccc(N)cc2O)n1. The van der Waals surface area contributed by atoms with Gasteiger partial charge in [-0.15, -0.1) is 0 Å². The predicted octanol–water partition coefficient (Wildman–Crippen LogP) is 2.12. The molecule has 1 aromatic heterocycles. The van der Waals surface area contributed by atoms with Crippen LogP contribution in [-0.4, -0.2) is 22.4 Å². The molecule has 0 saturated carbocycles. The largest absolute Gasteiger partial charge is 0.507 e. The van der Waals surface area contributed by atoms with Crippen molar-refractivity contribution in [3.05, 3.63) is 24.0 Å². The fourth-order valence-electron chi connectivity index (χ4n) is 1.66. The summed E-state index contributed by atoms with van der Waals surface area (Å²) in [4.78, 5) is 4.21. The molecule has 3 N–H and O–H groups in total. The summed E-state index contributed by atoms with van der Waals surface area (Å²) in [6.07, 6.45) is 0.529. The summed E-state index contributed by atoms with van der Waals surface area (Å²) in [7, 11) is 1.59. The molecule has 18 heavy (non-hydrogen) atoms. The molecular formula is C12H15N3O3. The maximum Gasteiger partial charge on any atom is 0.261 e. The summed E-state index contributed by atoms with van der Waals surface area (Å²) >= 11 is 0. The quantitative estimate of drug-likeness (QED) is 0.806. The highest BCUT2D eigenvalue weighted by Crippen LogP contribution is 2.30. The van der Waals surface area contributed by atoms with Gasteiger partial charge in [-0.05, 0) is 18.6 Å². The van der Waals surface area contributed by atoms with E-state index in [1.807, 2.05) is 6.92 Å². The van der Waals surface area contributed by atoms with Gasteiger partial charge in [0.05, 0.1) is 5.56 Å². The Kier molecular flexibility index (Phi) is 3.47. The van der Waals surface area contributed by atoms with Gasteiger partial charge in [0.25, 0.3) is 5.89 Å². The predicted molar refractivity (Wildman–Crippen MR) is 65.9 cm³/mol. The smallest absolute Gasteiger partial charge is 0.261 e. The third-order valence-corrected chi connectivity index (χ3v) is 2.64. The van der Waals surface area contributed by atoms with Crippen LogP contribution in [0.4, 0.5) is 5.69 Å². The number of rotatable bonds is 4. The third-order valence-electron chi connectivity index (χ3n) is 2.64. The van der Waals surface area contributed by atoms with Crippen LogP contribution in [0.15, 0.2) is 22.7 Å². The average molecular weight is 249 g/mol. The number of nitrogen functional groups attached to an aromatic ring is 1. The molecule has 1 heterocycles. The van der Waals surface area contributed by atoms with Crippen LogP contribution in [0.5, 0.6) is 5.75 Å². The van der Waals surface area contributed by atoms with Crippen molar-refractivity contribution >= 4 is 5.69 Å². The molecule has 1 atom stereocenters. The van der Waals surface area contributed by atoms with E-state index < -0.39 is 0 Å². The Balaban J connectivity index is 2.34. The number of methoxy groups -OCH3 is 1. The monoisotopic (exact) mass is 249 g/mol. The number of anilines is 1. The van der Waals surface area contributed by atoms with Gasteiger partial charge in [-0.2, -0.15) is 4.98 Å². The molecule has 0 aliphatic rings. The van der Waals surface area contributed by atoms with Crippen LogP contribution in [0.1, 0.15) is 25.3 Å². The lowest BCUT2D eigenvalue weighted by Gasteiger charge is -2.06. The highest BCUT2D eigenvalue weighted by molar-refractivity contribution is 5.66. The van der Waals surface area contributed by atoms with Gasteiger partial charge in [-0.3, -0.25) is 0 Å². The second-order valence-corrected chi connectivity index (χ2v) is 3.87. The van der Waals surface area contributed by atoms with Crippen LogP contribution in [0, 0.1) is 0 Å². The number of benzene rings is 1. The number of phenolic OH excluding ortho intramolecular Hbond substituents is 1. The van der Waals surface area contributed by atoms with Crippen LogP contribution in [-0.2, 0) is 4.74 Å². The Hall–Kier alpha value is -2.08. The molecule has 0 saturated heterocycles. The van der Waals surface area contributed by atoms with Crippen molar-refractivity contribution in [2.75, 3.05) is 12.8 Å². The number of phenols is 1. The molecule has 1 unspecified atom stereocenters. The van der Waals surface area contributed by atoms with Crippen LogP contribution >= 0.6 is 0 Å². The van der Waals surface area contributed by atoms with Crippen molar-refractivity contribution in [3.63, 3.8) is 0 Å². The van der Waals surface area contributed by atoms with E-state index in [2.05, 4.69) is 10.1 Å². The lowest BCUT2D eigenvalue weighted by molar-refractivity contribution is 0.0903. The Morgan fingerprint density at radius 1 is 1.50 bits per heavy atom. The summed E-state index contributed by atoms with van der Waals surface area (Å²) in [5.74, 6) is 0.722. The normalized spacial score (nSPS) is 12.6. The summed E-state index contributed by atoms with van der Waals surface area (Å²) in [5, 5.41) is 13.6. The zero-order valence-corrected chi connectivity index (χ0v) is 10.3. The number of hydrogen-bond acceptors (Lipinski definition) is 6. The van der Waals surface area contributed by atoms with Gasteiger partial charge >= 0.3 is 0 Å². The average Bonchev–Trinajstić information content (AvgIpc) is 2.80. The number of hydrogen-bond donors (Lipinski definition) is 2. The van der Waals surface area contributed by atoms with Crippen molar-refractivity contribution in [1.29, 1.82) is 0 Å². The molecule has 1 aromatic carbocycles. The zero-order valence-electron chi connectivity index (χ0n) is 10.3. The first-order chi connectivity index (χ1) is 8.65. The lowest BCUT2D eigenvalue weighted by Crippen LogP contribution is -2.01. The van der Waals surface area contributed by atoms with Gasteiger partial charge in [0.2, 0.25) is 5.82 Å². The molecule has 0 aliphatic heterocycles. The first kappa shape index (κ1) is 12.4. The van der Waals surface area contributed by atoms with E-state index in [0.717, 1.165) is 6.42 Å². The van der Waals surface area contributed by atoms with Crippen LogP contribution in [0.3, 0.4) is 0 Å². The Labute approximate surface area is 104 Å². The summed E-state index contributed by atoms with van der Waals surface area (Å²) in [6.45, 7) is 1.96. The minimum absolute atomic E-state index is 0.00988. The zero-order chi connectivity index (χ0) is 13.1. The van der Waals surface area contributed by atoms with E-state index in [-0.39, 0.29) is 17.7 Å². The Bertz CT molecular complexity index is 535. The summed E-state index contributed by atoms with van der Waals surface area (Å²) < 4.78 is 10.3. The molecule has 6 nitrogen and oxygen atoms in total. The van der Waals surface area contributed by atoms with Crippen molar-refractivity contribution in [2.45, 2.75) is 19.4 Å². The van der Waals surface area contributed by atoms with Crippen molar-refractivity contribution in [3.8, 4) is 17.2 Å². The first-order valence-electron chi connectivity index (χ1n) is 5.61. The van der Waals surface area contributed by atoms with Crippen molar-refractivity contribution in [2.24, 2.45) is 0 Å². The molecule has 2 aromatic rings. The fraction of sp³-hybridized carbons (Fsp3) is 0.333. The Morgan fingerprint density at radius 3 is 2.89 bits per heavy atom. The third kappa shape index (κ3) is 2.28. The molecule has 6 heteroatoms. The molecule has 0 spiro atoms. The highest BCUT2D eigenvalue weighted by Gasteiger charge is 2.18. The molecule has 96 valence electrons. The summed E-state index contributed by atoms with van der Waals surface area (Å²) in [5.41, 5.74) is 6.48. The second-order valence-electron chi connectivity index (χ2n) is 3.87. The van der Waals surface area contributed by atoms with Gasteiger partial charge in [-0.25, -0.2) is 0 Å². The molecular weight excluding hydrogens is 234 g/mol. The Morgan fingerprint density at radius 2 is 2.28 bits per heavy atom. The van der Waals surface area contributed by atoms with Crippen LogP contribution < -0.4 is 5.73 Å². The number of aromatic hydroxyl groups is 1. The standard InChI is InChI=1S/C12H15N3O3/c1-3-10(17-2)11-14-12(18-15-11)8-5-4-7(13)6-9(8)16/h4-6,10,16H,3,13H2,1-2H3. The fourth-order valence-corrected chi connectivity index (χ4v) is 1.66. The maximum atomic E-state index is 9.77. The minimum atomic E-state index is -0.210. The van der Waals surface area contributed by atoms with Gasteiger partial charge in [0.15, 0.2) is 0 Å². The lowest BCUT2D eigenvalue weighted by atomic mass is 10.2. The number of nitrogens with zero attached hydrogens (tertiary/aromatic N) is 2. The molecule has 0 fully saturated rings. The first-order valence-corrected chi connectivity index (χ1v) is 5.61. The molecule has 0 aliphatic carbocycles. The van der Waals surface area contributed by atoms with E-state index in [9.17, 15) is 5.11 Å². The molecule has 0 bridgehead atoms. The van der Waals surface area contributed by atoms with Crippen molar-refractivity contribution < 1.29 is 14.4 Å². The van der Waals surface area contributed by atoms with Gasteiger partial charge in [0.1, 0.15) is 11.9 Å². The van der Waals surface area contributed by atoms with Gasteiger partial charge in [-0.1, -0.05) is 12.1 Å². The van der Waals surface area contributed by atoms with Crippen LogP contribution in [0.2, 0.25) is 0 Å². The van der Waals surface area contributed by atoms with E-state index in [1.165, 1.54) is 6.07 Å². The van der Waals surface area contributed by atoms with Gasteiger partial charge < -0.3 is 20.1 Å². The highest BCUT2D eigenvalue weighted by atomic mass is 16.5. The van der Waals surface area contributed by atoms with E-state index >= 15 is 0 Å². The maximum absolute atomic E-state index is 9.77. The second kappa shape index (κ2) is 5.05. The van der Waals surface area contributed by atoms with Crippen molar-refractivity contribution in [1.82, 2.24) is 10.1 Å². The molecule has 0 amide bonds. The van der Waals surface area contributed by atoms with Crippen LogP contribution in [0.25, 0.3) is 11.5 Å². The molecule has 2 rings (SSSR count). The topological polar surface area (TPSA) is 94.4 Å². The number of nitrogens with two attached hydrogens (primary N) is 1. The number of aromatic nitrogens is 2. The van der Waals surface area contributed by atoms with E-state index in [4.69, 9.17) is 15.0 Å².